The second-order valence-corrected chi connectivity index (χ2v) is 7.69. The summed E-state index contributed by atoms with van der Waals surface area (Å²) in [6, 6.07) is 15.7. The predicted molar refractivity (Wildman–Crippen MR) is 109 cm³/mol. The highest BCUT2D eigenvalue weighted by atomic mass is 35.5. The molecular weight excluding hydrogens is 362 g/mol. The molecule has 5 nitrogen and oxygen atoms in total. The number of rotatable bonds is 6. The van der Waals surface area contributed by atoms with Gasteiger partial charge in [0.05, 0.1) is 11.5 Å². The predicted octanol–water partition coefficient (Wildman–Crippen LogP) is 3.90. The maximum atomic E-state index is 12.8. The number of carbonyl (C=O) groups excluding carboxylic acids is 1. The van der Waals surface area contributed by atoms with Crippen LogP contribution in [0.4, 0.5) is 5.69 Å². The fourth-order valence-electron chi connectivity index (χ4n) is 2.96. The molecule has 2 aromatic carbocycles. The molecule has 1 unspecified atom stereocenters. The molecule has 0 spiro atoms. The summed E-state index contributed by atoms with van der Waals surface area (Å²) in [6.45, 7) is 4.35. The number of halogens is 1. The molecule has 27 heavy (non-hydrogen) atoms. The molecule has 3 rings (SSSR count). The van der Waals surface area contributed by atoms with Gasteiger partial charge in [0.1, 0.15) is 6.61 Å². The Morgan fingerprint density at radius 2 is 1.89 bits per heavy atom. The standard InChI is InChI=1S/C21H24ClN3O2/c1-21(2,15-6-8-16(22)9-7-15)19(26)24-17-10-3-14(4-11-17)5-12-18-13-27-20(23)25-18/h3-4,6-11,18H,5,12-13H2,1-2H3,(H2,23,25)(H,24,26). The van der Waals surface area contributed by atoms with Crippen molar-refractivity contribution in [3.8, 4) is 0 Å². The quantitative estimate of drug-likeness (QED) is 0.791. The lowest BCUT2D eigenvalue weighted by atomic mass is 9.83. The van der Waals surface area contributed by atoms with Crippen LogP contribution in [0.25, 0.3) is 0 Å². The second-order valence-electron chi connectivity index (χ2n) is 7.25. The molecule has 0 fully saturated rings. The highest BCUT2D eigenvalue weighted by Gasteiger charge is 2.29. The molecule has 3 N–H and O–H groups in total. The van der Waals surface area contributed by atoms with Crippen molar-refractivity contribution in [2.45, 2.75) is 38.1 Å². The lowest BCUT2D eigenvalue weighted by Gasteiger charge is -2.24. The zero-order valence-corrected chi connectivity index (χ0v) is 16.3. The number of hydrogen-bond acceptors (Lipinski definition) is 4. The van der Waals surface area contributed by atoms with E-state index in [4.69, 9.17) is 22.1 Å². The van der Waals surface area contributed by atoms with Crippen LogP contribution < -0.4 is 11.1 Å². The molecular formula is C21H24ClN3O2. The largest absolute Gasteiger partial charge is 0.463 e. The molecule has 0 saturated carbocycles. The molecule has 1 amide bonds. The molecule has 1 atom stereocenters. The number of anilines is 1. The van der Waals surface area contributed by atoms with Gasteiger partial charge in [0.15, 0.2) is 0 Å². The summed E-state index contributed by atoms with van der Waals surface area (Å²) in [6.07, 6.45) is 1.77. The van der Waals surface area contributed by atoms with Crippen LogP contribution in [0.1, 0.15) is 31.4 Å². The monoisotopic (exact) mass is 385 g/mol. The van der Waals surface area contributed by atoms with Crippen molar-refractivity contribution < 1.29 is 9.53 Å². The minimum atomic E-state index is -0.663. The fraction of sp³-hybridized carbons (Fsp3) is 0.333. The summed E-state index contributed by atoms with van der Waals surface area (Å²) in [5.74, 6) is -0.0644. The Hall–Kier alpha value is -2.53. The smallest absolute Gasteiger partial charge is 0.282 e. The number of ether oxygens (including phenoxy) is 1. The summed E-state index contributed by atoms with van der Waals surface area (Å²) in [5, 5.41) is 3.65. The topological polar surface area (TPSA) is 76.7 Å². The van der Waals surface area contributed by atoms with Gasteiger partial charge in [-0.3, -0.25) is 4.79 Å². The molecule has 1 aliphatic heterocycles. The van der Waals surface area contributed by atoms with Gasteiger partial charge in [0.25, 0.3) is 6.02 Å². The van der Waals surface area contributed by atoms with Crippen LogP contribution >= 0.6 is 11.6 Å². The van der Waals surface area contributed by atoms with E-state index in [1.165, 1.54) is 5.56 Å². The Kier molecular flexibility index (Phi) is 5.71. The third-order valence-electron chi connectivity index (χ3n) is 4.85. The second kappa shape index (κ2) is 8.01. The molecule has 0 saturated heterocycles. The molecule has 142 valence electrons. The van der Waals surface area contributed by atoms with Gasteiger partial charge in [0.2, 0.25) is 5.91 Å². The van der Waals surface area contributed by atoms with Crippen molar-refractivity contribution in [2.24, 2.45) is 10.7 Å². The Morgan fingerprint density at radius 1 is 1.22 bits per heavy atom. The van der Waals surface area contributed by atoms with Crippen LogP contribution in [0.2, 0.25) is 5.02 Å². The zero-order chi connectivity index (χ0) is 19.4. The maximum absolute atomic E-state index is 12.8. The number of aliphatic imine (C=N–C) groups is 1. The number of hydrogen-bond donors (Lipinski definition) is 2. The van der Waals surface area contributed by atoms with Gasteiger partial charge in [0, 0.05) is 10.7 Å². The first-order valence-corrected chi connectivity index (χ1v) is 9.35. The molecule has 1 heterocycles. The van der Waals surface area contributed by atoms with Gasteiger partial charge in [-0.15, -0.1) is 0 Å². The van der Waals surface area contributed by atoms with Gasteiger partial charge in [-0.05, 0) is 62.1 Å². The van der Waals surface area contributed by atoms with E-state index in [0.29, 0.717) is 11.6 Å². The van der Waals surface area contributed by atoms with E-state index in [9.17, 15) is 4.79 Å². The number of aryl methyl sites for hydroxylation is 1. The van der Waals surface area contributed by atoms with Crippen LogP contribution in [-0.2, 0) is 21.4 Å². The number of nitrogens with zero attached hydrogens (tertiary/aromatic N) is 1. The SMILES string of the molecule is CC(C)(C(=O)Nc1ccc(CCC2COC(N)=N2)cc1)c1ccc(Cl)cc1. The van der Waals surface area contributed by atoms with Gasteiger partial charge in [-0.25, -0.2) is 4.99 Å². The van der Waals surface area contributed by atoms with E-state index in [1.807, 2.05) is 50.2 Å². The van der Waals surface area contributed by atoms with Crippen molar-refractivity contribution >= 4 is 29.2 Å². The lowest BCUT2D eigenvalue weighted by Crippen LogP contribution is -2.34. The van der Waals surface area contributed by atoms with Crippen LogP contribution in [0.5, 0.6) is 0 Å². The Bertz CT molecular complexity index is 830. The average Bonchev–Trinajstić information content (AvgIpc) is 3.07. The highest BCUT2D eigenvalue weighted by molar-refractivity contribution is 6.30. The third-order valence-corrected chi connectivity index (χ3v) is 5.10. The van der Waals surface area contributed by atoms with Gasteiger partial charge in [-0.1, -0.05) is 35.9 Å². The molecule has 6 heteroatoms. The van der Waals surface area contributed by atoms with Gasteiger partial charge >= 0.3 is 0 Å². The van der Waals surface area contributed by atoms with E-state index in [-0.39, 0.29) is 18.0 Å². The zero-order valence-electron chi connectivity index (χ0n) is 15.5. The van der Waals surface area contributed by atoms with Crippen molar-refractivity contribution in [2.75, 3.05) is 11.9 Å². The maximum Gasteiger partial charge on any atom is 0.282 e. The Balaban J connectivity index is 1.58. The third kappa shape index (κ3) is 4.80. The number of benzene rings is 2. The molecule has 0 aromatic heterocycles. The number of nitrogens with one attached hydrogen (secondary N) is 1. The van der Waals surface area contributed by atoms with E-state index >= 15 is 0 Å². The number of amides is 1. The number of nitrogens with two attached hydrogens (primary N) is 1. The molecule has 0 bridgehead atoms. The fourth-order valence-corrected chi connectivity index (χ4v) is 3.08. The van der Waals surface area contributed by atoms with Crippen molar-refractivity contribution in [1.82, 2.24) is 0 Å². The first kappa shape index (κ1) is 19.2. The minimum absolute atomic E-state index is 0.0644. The summed E-state index contributed by atoms with van der Waals surface area (Å²) in [4.78, 5) is 17.0. The van der Waals surface area contributed by atoms with Gasteiger partial charge in [-0.2, -0.15) is 0 Å². The van der Waals surface area contributed by atoms with E-state index in [0.717, 1.165) is 24.1 Å². The summed E-state index contributed by atoms with van der Waals surface area (Å²) >= 11 is 5.94. The Labute approximate surface area is 164 Å². The first-order chi connectivity index (χ1) is 12.8. The van der Waals surface area contributed by atoms with Crippen molar-refractivity contribution in [3.05, 3.63) is 64.7 Å². The van der Waals surface area contributed by atoms with Gasteiger partial charge < -0.3 is 15.8 Å². The van der Waals surface area contributed by atoms with Crippen molar-refractivity contribution in [3.63, 3.8) is 0 Å². The normalized spacial score (nSPS) is 16.6. The number of carbonyl (C=O) groups is 1. The lowest BCUT2D eigenvalue weighted by molar-refractivity contribution is -0.120. The average molecular weight is 386 g/mol. The van der Waals surface area contributed by atoms with Crippen LogP contribution in [-0.4, -0.2) is 24.6 Å². The molecule has 0 aliphatic carbocycles. The highest BCUT2D eigenvalue weighted by Crippen LogP contribution is 2.26. The minimum Gasteiger partial charge on any atom is -0.463 e. The summed E-state index contributed by atoms with van der Waals surface area (Å²) in [5.41, 5.74) is 7.74. The molecule has 1 aliphatic rings. The summed E-state index contributed by atoms with van der Waals surface area (Å²) < 4.78 is 5.16. The van der Waals surface area contributed by atoms with Crippen molar-refractivity contribution in [1.29, 1.82) is 0 Å². The van der Waals surface area contributed by atoms with Crippen LogP contribution in [0.15, 0.2) is 53.5 Å². The first-order valence-electron chi connectivity index (χ1n) is 8.97. The van der Waals surface area contributed by atoms with E-state index < -0.39 is 5.41 Å². The van der Waals surface area contributed by atoms with Crippen LogP contribution in [0.3, 0.4) is 0 Å². The summed E-state index contributed by atoms with van der Waals surface area (Å²) in [7, 11) is 0. The Morgan fingerprint density at radius 3 is 2.48 bits per heavy atom. The van der Waals surface area contributed by atoms with E-state index in [1.54, 1.807) is 12.1 Å². The van der Waals surface area contributed by atoms with Crippen LogP contribution in [0, 0.1) is 0 Å². The number of amidine groups is 1. The molecule has 0 radical (unpaired) electrons. The van der Waals surface area contributed by atoms with E-state index in [2.05, 4.69) is 10.3 Å². The molecule has 2 aromatic rings.